The highest BCUT2D eigenvalue weighted by molar-refractivity contribution is 5.96. The standard InChI is InChI=1S/C27H26N4O2/c1-18-10-6-7-13-21(18)28-25(32)16-24-27(33)30(17-20-11-4-3-5-12-20)19(2)26-29-22-14-8-9-15-23(22)31(24)26/h3-15,19,24H,16-17H2,1-2H3,(H,28,32)/t19-,24+/m0/s1. The summed E-state index contributed by atoms with van der Waals surface area (Å²) in [6.45, 7) is 4.42. The molecular weight excluding hydrogens is 412 g/mol. The average molecular weight is 439 g/mol. The van der Waals surface area contributed by atoms with Gasteiger partial charge >= 0.3 is 0 Å². The van der Waals surface area contributed by atoms with Crippen molar-refractivity contribution in [2.24, 2.45) is 0 Å². The molecule has 6 heteroatoms. The van der Waals surface area contributed by atoms with Crippen LogP contribution in [0.1, 0.15) is 42.4 Å². The Morgan fingerprint density at radius 3 is 2.45 bits per heavy atom. The van der Waals surface area contributed by atoms with Crippen molar-refractivity contribution in [3.63, 3.8) is 0 Å². The minimum Gasteiger partial charge on any atom is -0.327 e. The Morgan fingerprint density at radius 1 is 0.970 bits per heavy atom. The predicted molar refractivity (Wildman–Crippen MR) is 129 cm³/mol. The predicted octanol–water partition coefficient (Wildman–Crippen LogP) is 5.02. The molecule has 5 rings (SSSR count). The molecule has 1 N–H and O–H groups in total. The number of rotatable bonds is 5. The molecule has 2 amide bonds. The van der Waals surface area contributed by atoms with Crippen molar-refractivity contribution < 1.29 is 9.59 Å². The van der Waals surface area contributed by atoms with E-state index < -0.39 is 6.04 Å². The average Bonchev–Trinajstić information content (AvgIpc) is 3.21. The van der Waals surface area contributed by atoms with Gasteiger partial charge in [-0.25, -0.2) is 4.98 Å². The topological polar surface area (TPSA) is 67.2 Å². The van der Waals surface area contributed by atoms with Gasteiger partial charge in [-0.15, -0.1) is 0 Å². The fourth-order valence-corrected chi connectivity index (χ4v) is 4.58. The van der Waals surface area contributed by atoms with Gasteiger partial charge in [0.15, 0.2) is 0 Å². The van der Waals surface area contributed by atoms with E-state index in [4.69, 9.17) is 4.98 Å². The summed E-state index contributed by atoms with van der Waals surface area (Å²) in [5, 5.41) is 2.98. The van der Waals surface area contributed by atoms with E-state index in [1.807, 2.05) is 102 Å². The summed E-state index contributed by atoms with van der Waals surface area (Å²) in [7, 11) is 0. The first-order valence-corrected chi connectivity index (χ1v) is 11.2. The molecule has 0 saturated carbocycles. The number of hydrogen-bond donors (Lipinski definition) is 1. The second-order valence-electron chi connectivity index (χ2n) is 8.54. The first kappa shape index (κ1) is 20.9. The van der Waals surface area contributed by atoms with Crippen molar-refractivity contribution >= 4 is 28.5 Å². The number of fused-ring (bicyclic) bond motifs is 3. The number of carbonyl (C=O) groups is 2. The maximum atomic E-state index is 13.8. The van der Waals surface area contributed by atoms with E-state index >= 15 is 0 Å². The third-order valence-corrected chi connectivity index (χ3v) is 6.34. The lowest BCUT2D eigenvalue weighted by Gasteiger charge is -2.38. The Balaban J connectivity index is 1.52. The molecule has 1 aliphatic heterocycles. The molecular formula is C27H26N4O2. The molecule has 4 aromatic rings. The summed E-state index contributed by atoms with van der Waals surface area (Å²) in [4.78, 5) is 33.6. The van der Waals surface area contributed by atoms with E-state index in [1.54, 1.807) is 0 Å². The number of nitrogens with zero attached hydrogens (tertiary/aromatic N) is 3. The minimum absolute atomic E-state index is 0.0402. The zero-order valence-electron chi connectivity index (χ0n) is 18.7. The normalized spacial score (nSPS) is 17.8. The molecule has 0 aliphatic carbocycles. The van der Waals surface area contributed by atoms with Crippen LogP contribution in [0.4, 0.5) is 5.69 Å². The Hall–Kier alpha value is -3.93. The summed E-state index contributed by atoms with van der Waals surface area (Å²) >= 11 is 0. The summed E-state index contributed by atoms with van der Waals surface area (Å²) < 4.78 is 1.96. The number of amides is 2. The summed E-state index contributed by atoms with van der Waals surface area (Å²) in [5.74, 6) is 0.544. The molecule has 0 saturated heterocycles. The Kier molecular flexibility index (Phi) is 5.42. The Bertz CT molecular complexity index is 1330. The molecule has 0 unspecified atom stereocenters. The molecule has 0 fully saturated rings. The molecule has 1 aliphatic rings. The SMILES string of the molecule is Cc1ccccc1NC(=O)C[C@@H]1C(=O)N(Cc2ccccc2)[C@@H](C)c2nc3ccccc3n21. The van der Waals surface area contributed by atoms with Crippen LogP contribution >= 0.6 is 0 Å². The smallest absolute Gasteiger partial charge is 0.247 e. The van der Waals surface area contributed by atoms with Crippen LogP contribution in [0.5, 0.6) is 0 Å². The quantitative estimate of drug-likeness (QED) is 0.476. The summed E-state index contributed by atoms with van der Waals surface area (Å²) in [5.41, 5.74) is 4.49. The van der Waals surface area contributed by atoms with Crippen molar-refractivity contribution in [1.29, 1.82) is 0 Å². The van der Waals surface area contributed by atoms with Gasteiger partial charge in [0.1, 0.15) is 11.9 Å². The molecule has 1 aromatic heterocycles. The van der Waals surface area contributed by atoms with Gasteiger partial charge in [0.2, 0.25) is 11.8 Å². The van der Waals surface area contributed by atoms with E-state index in [0.29, 0.717) is 6.54 Å². The highest BCUT2D eigenvalue weighted by Gasteiger charge is 2.40. The van der Waals surface area contributed by atoms with Crippen LogP contribution in [0.25, 0.3) is 11.0 Å². The third-order valence-electron chi connectivity index (χ3n) is 6.34. The maximum absolute atomic E-state index is 13.8. The Labute approximate surface area is 192 Å². The molecule has 2 heterocycles. The van der Waals surface area contributed by atoms with E-state index in [0.717, 1.165) is 33.7 Å². The zero-order chi connectivity index (χ0) is 22.9. The summed E-state index contributed by atoms with van der Waals surface area (Å²) in [6, 6.07) is 24.5. The van der Waals surface area contributed by atoms with Gasteiger partial charge in [0, 0.05) is 12.2 Å². The number of para-hydroxylation sites is 3. The largest absolute Gasteiger partial charge is 0.327 e. The number of nitrogens with one attached hydrogen (secondary N) is 1. The van der Waals surface area contributed by atoms with Crippen LogP contribution in [0, 0.1) is 6.92 Å². The second-order valence-corrected chi connectivity index (χ2v) is 8.54. The lowest BCUT2D eigenvalue weighted by molar-refractivity contribution is -0.142. The van der Waals surface area contributed by atoms with Crippen LogP contribution in [0.3, 0.4) is 0 Å². The highest BCUT2D eigenvalue weighted by atomic mass is 16.2. The van der Waals surface area contributed by atoms with Gasteiger partial charge in [-0.2, -0.15) is 0 Å². The molecule has 166 valence electrons. The minimum atomic E-state index is -0.656. The molecule has 3 aromatic carbocycles. The van der Waals surface area contributed by atoms with E-state index in [1.165, 1.54) is 0 Å². The highest BCUT2D eigenvalue weighted by Crippen LogP contribution is 2.37. The van der Waals surface area contributed by atoms with Crippen LogP contribution in [-0.4, -0.2) is 26.3 Å². The van der Waals surface area contributed by atoms with Crippen LogP contribution < -0.4 is 5.32 Å². The van der Waals surface area contributed by atoms with Crippen molar-refractivity contribution in [1.82, 2.24) is 14.5 Å². The fourth-order valence-electron chi connectivity index (χ4n) is 4.58. The number of aryl methyl sites for hydroxylation is 1. The van der Waals surface area contributed by atoms with Crippen molar-refractivity contribution in [2.45, 2.75) is 38.9 Å². The molecule has 0 radical (unpaired) electrons. The van der Waals surface area contributed by atoms with E-state index in [2.05, 4.69) is 5.32 Å². The number of aromatic nitrogens is 2. The number of carbonyl (C=O) groups excluding carboxylic acids is 2. The van der Waals surface area contributed by atoms with Crippen LogP contribution in [0.15, 0.2) is 78.9 Å². The van der Waals surface area contributed by atoms with Crippen LogP contribution in [0.2, 0.25) is 0 Å². The monoisotopic (exact) mass is 438 g/mol. The third kappa shape index (κ3) is 3.89. The maximum Gasteiger partial charge on any atom is 0.247 e. The lowest BCUT2D eigenvalue weighted by Crippen LogP contribution is -2.45. The van der Waals surface area contributed by atoms with Gasteiger partial charge in [-0.3, -0.25) is 9.59 Å². The van der Waals surface area contributed by atoms with E-state index in [9.17, 15) is 9.59 Å². The molecule has 2 atom stereocenters. The number of hydrogen-bond acceptors (Lipinski definition) is 3. The summed E-state index contributed by atoms with van der Waals surface area (Å²) in [6.07, 6.45) is 0.0402. The van der Waals surface area contributed by atoms with Crippen molar-refractivity contribution in [3.8, 4) is 0 Å². The van der Waals surface area contributed by atoms with E-state index in [-0.39, 0.29) is 24.3 Å². The van der Waals surface area contributed by atoms with Gasteiger partial charge in [0.25, 0.3) is 0 Å². The Morgan fingerprint density at radius 2 is 1.67 bits per heavy atom. The van der Waals surface area contributed by atoms with Gasteiger partial charge in [-0.1, -0.05) is 60.7 Å². The van der Waals surface area contributed by atoms with Gasteiger partial charge in [-0.05, 0) is 43.2 Å². The van der Waals surface area contributed by atoms with Crippen LogP contribution in [-0.2, 0) is 16.1 Å². The van der Waals surface area contributed by atoms with Gasteiger partial charge < -0.3 is 14.8 Å². The number of anilines is 1. The first-order chi connectivity index (χ1) is 16.0. The fraction of sp³-hybridized carbons (Fsp3) is 0.222. The second kappa shape index (κ2) is 8.54. The molecule has 6 nitrogen and oxygen atoms in total. The van der Waals surface area contributed by atoms with Crippen molar-refractivity contribution in [3.05, 3.63) is 95.8 Å². The molecule has 0 bridgehead atoms. The zero-order valence-corrected chi connectivity index (χ0v) is 18.7. The lowest BCUT2D eigenvalue weighted by atomic mass is 10.0. The number of imidazole rings is 1. The molecule has 33 heavy (non-hydrogen) atoms. The van der Waals surface area contributed by atoms with Crippen molar-refractivity contribution in [2.75, 3.05) is 5.32 Å². The number of benzene rings is 3. The van der Waals surface area contributed by atoms with Gasteiger partial charge in [0.05, 0.1) is 23.5 Å². The molecule has 0 spiro atoms. The first-order valence-electron chi connectivity index (χ1n) is 11.2.